The molecule has 2 aromatic carbocycles. The Bertz CT molecular complexity index is 1460. The molecule has 39 heavy (non-hydrogen) atoms. The van der Waals surface area contributed by atoms with Gasteiger partial charge in [0, 0.05) is 50.0 Å². The summed E-state index contributed by atoms with van der Waals surface area (Å²) < 4.78 is 35.0. The van der Waals surface area contributed by atoms with Gasteiger partial charge in [-0.05, 0) is 24.3 Å². The zero-order valence-electron chi connectivity index (χ0n) is 21.1. The van der Waals surface area contributed by atoms with Gasteiger partial charge in [-0.1, -0.05) is 24.3 Å². The van der Waals surface area contributed by atoms with Crippen molar-refractivity contribution in [3.05, 3.63) is 60.4 Å². The van der Waals surface area contributed by atoms with Crippen LogP contribution in [0.1, 0.15) is 12.2 Å². The highest BCUT2D eigenvalue weighted by atomic mass is 19.3. The van der Waals surface area contributed by atoms with E-state index in [1.807, 2.05) is 18.2 Å². The third kappa shape index (κ3) is 5.31. The molecule has 0 radical (unpaired) electrons. The van der Waals surface area contributed by atoms with Gasteiger partial charge in [-0.2, -0.15) is 4.98 Å². The van der Waals surface area contributed by atoms with Crippen LogP contribution in [0.25, 0.3) is 28.2 Å². The van der Waals surface area contributed by atoms with Gasteiger partial charge in [0.15, 0.2) is 5.82 Å². The van der Waals surface area contributed by atoms with Gasteiger partial charge >= 0.3 is 0 Å². The summed E-state index contributed by atoms with van der Waals surface area (Å²) in [6.45, 7) is 4.48. The Balaban J connectivity index is 1.38. The third-order valence-corrected chi connectivity index (χ3v) is 6.82. The molecule has 202 valence electrons. The van der Waals surface area contributed by atoms with E-state index in [1.165, 1.54) is 4.57 Å². The lowest BCUT2D eigenvalue weighted by Gasteiger charge is -2.28. The monoisotopic (exact) mass is 534 g/mol. The summed E-state index contributed by atoms with van der Waals surface area (Å²) >= 11 is 0. The summed E-state index contributed by atoms with van der Waals surface area (Å²) in [4.78, 5) is 28.2. The molecule has 6 rings (SSSR count). The lowest BCUT2D eigenvalue weighted by atomic mass is 10.1. The molecule has 2 saturated heterocycles. The van der Waals surface area contributed by atoms with Gasteiger partial charge in [-0.3, -0.25) is 9.36 Å². The van der Waals surface area contributed by atoms with Crippen LogP contribution in [-0.2, 0) is 9.53 Å². The molecule has 10 nitrogen and oxygen atoms in total. The Labute approximate surface area is 223 Å². The number of carbonyl (C=O) groups is 1. The fourth-order valence-electron chi connectivity index (χ4n) is 4.82. The molecular formula is C27H28F2N8O2. The topological polar surface area (TPSA) is 109 Å². The summed E-state index contributed by atoms with van der Waals surface area (Å²) in [6.07, 6.45) is -2.81. The standard InChI is InChI=1S/C27H28F2N8O2/c28-24(29)25-33-19-3-1-2-4-22(19)37(25)27-34-20(15-23(35-27)36-11-13-39-14-12-36)17-5-7-18(8-6-17)32-26(38)21-16-30-9-10-31-21/h1-8,15,21,24,30-31H,9-14,16H2,(H,32,38). The number of morpholine rings is 1. The van der Waals surface area contributed by atoms with E-state index in [-0.39, 0.29) is 17.9 Å². The number of piperazine rings is 1. The molecular weight excluding hydrogens is 506 g/mol. The molecule has 12 heteroatoms. The van der Waals surface area contributed by atoms with E-state index in [2.05, 4.69) is 25.8 Å². The summed E-state index contributed by atoms with van der Waals surface area (Å²) in [6, 6.07) is 15.8. The molecule has 2 aromatic heterocycles. The maximum absolute atomic E-state index is 14.1. The molecule has 0 aliphatic carbocycles. The van der Waals surface area contributed by atoms with Crippen molar-refractivity contribution in [3.8, 4) is 17.2 Å². The zero-order chi connectivity index (χ0) is 26.8. The van der Waals surface area contributed by atoms with Crippen molar-refractivity contribution in [3.63, 3.8) is 0 Å². The Kier molecular flexibility index (Phi) is 7.14. The second-order valence-corrected chi connectivity index (χ2v) is 9.38. The van der Waals surface area contributed by atoms with Crippen LogP contribution in [0.15, 0.2) is 54.6 Å². The van der Waals surface area contributed by atoms with E-state index >= 15 is 0 Å². The molecule has 3 N–H and O–H groups in total. The van der Waals surface area contributed by atoms with Gasteiger partial charge < -0.3 is 25.6 Å². The first-order valence-electron chi connectivity index (χ1n) is 12.9. The number of imidazole rings is 1. The first kappa shape index (κ1) is 25.3. The van der Waals surface area contributed by atoms with Crippen LogP contribution in [0.5, 0.6) is 0 Å². The van der Waals surface area contributed by atoms with Gasteiger partial charge in [0.2, 0.25) is 11.9 Å². The van der Waals surface area contributed by atoms with Crippen molar-refractivity contribution in [2.45, 2.75) is 12.5 Å². The predicted molar refractivity (Wildman–Crippen MR) is 143 cm³/mol. The fraction of sp³-hybridized carbons (Fsp3) is 0.333. The highest BCUT2D eigenvalue weighted by Gasteiger charge is 2.24. The van der Waals surface area contributed by atoms with Crippen LogP contribution in [0, 0.1) is 0 Å². The molecule has 0 spiro atoms. The van der Waals surface area contributed by atoms with E-state index in [9.17, 15) is 13.6 Å². The molecule has 2 aliphatic rings. The van der Waals surface area contributed by atoms with Gasteiger partial charge in [0.25, 0.3) is 6.43 Å². The van der Waals surface area contributed by atoms with Crippen molar-refractivity contribution in [2.75, 3.05) is 56.2 Å². The normalized spacial score (nSPS) is 18.0. The van der Waals surface area contributed by atoms with Crippen LogP contribution in [-0.4, -0.2) is 77.4 Å². The number of nitrogens with zero attached hydrogens (tertiary/aromatic N) is 5. The number of carbonyl (C=O) groups excluding carboxylic acids is 1. The van der Waals surface area contributed by atoms with Gasteiger partial charge in [-0.25, -0.2) is 18.7 Å². The molecule has 4 aromatic rings. The summed E-state index contributed by atoms with van der Waals surface area (Å²) in [5.41, 5.74) is 2.92. The highest BCUT2D eigenvalue weighted by molar-refractivity contribution is 5.95. The largest absolute Gasteiger partial charge is 0.378 e. The number of aromatic nitrogens is 4. The number of benzene rings is 2. The maximum atomic E-state index is 14.1. The zero-order valence-corrected chi connectivity index (χ0v) is 21.1. The third-order valence-electron chi connectivity index (χ3n) is 6.82. The van der Waals surface area contributed by atoms with E-state index in [4.69, 9.17) is 14.7 Å². The van der Waals surface area contributed by atoms with Crippen LogP contribution < -0.4 is 20.9 Å². The van der Waals surface area contributed by atoms with Gasteiger partial charge in [-0.15, -0.1) is 0 Å². The van der Waals surface area contributed by atoms with Crippen molar-refractivity contribution in [1.29, 1.82) is 0 Å². The minimum atomic E-state index is -2.81. The van der Waals surface area contributed by atoms with Crippen molar-refractivity contribution in [1.82, 2.24) is 30.2 Å². The second kappa shape index (κ2) is 11.0. The second-order valence-electron chi connectivity index (χ2n) is 9.38. The lowest BCUT2D eigenvalue weighted by Crippen LogP contribution is -2.54. The number of halogens is 2. The number of alkyl halides is 2. The molecule has 0 bridgehead atoms. The minimum Gasteiger partial charge on any atom is -0.378 e. The quantitative estimate of drug-likeness (QED) is 0.347. The number of para-hydroxylation sites is 2. The Morgan fingerprint density at radius 3 is 2.56 bits per heavy atom. The predicted octanol–water partition coefficient (Wildman–Crippen LogP) is 2.76. The van der Waals surface area contributed by atoms with Crippen molar-refractivity contribution >= 4 is 28.4 Å². The van der Waals surface area contributed by atoms with Crippen molar-refractivity contribution in [2.24, 2.45) is 0 Å². The Hall–Kier alpha value is -4.00. The molecule has 4 heterocycles. The number of rotatable bonds is 6. The van der Waals surface area contributed by atoms with Crippen molar-refractivity contribution < 1.29 is 18.3 Å². The van der Waals surface area contributed by atoms with Gasteiger partial charge in [0.05, 0.1) is 36.0 Å². The van der Waals surface area contributed by atoms with Crippen LogP contribution >= 0.6 is 0 Å². The molecule has 1 amide bonds. The van der Waals surface area contributed by atoms with Crippen LogP contribution in [0.4, 0.5) is 20.3 Å². The number of hydrogen-bond donors (Lipinski definition) is 3. The number of fused-ring (bicyclic) bond motifs is 1. The lowest BCUT2D eigenvalue weighted by molar-refractivity contribution is -0.118. The molecule has 2 fully saturated rings. The SMILES string of the molecule is O=C(Nc1ccc(-c2cc(N3CCOCC3)nc(-n3c(C(F)F)nc4ccccc43)n2)cc1)C1CNCCN1. The van der Waals surface area contributed by atoms with Crippen LogP contribution in [0.3, 0.4) is 0 Å². The number of ether oxygens (including phenoxy) is 1. The molecule has 0 saturated carbocycles. The van der Waals surface area contributed by atoms with Gasteiger partial charge in [0.1, 0.15) is 5.82 Å². The first-order valence-corrected chi connectivity index (χ1v) is 12.9. The summed E-state index contributed by atoms with van der Waals surface area (Å²) in [5.74, 6) is 0.210. The average molecular weight is 535 g/mol. The highest BCUT2D eigenvalue weighted by Crippen LogP contribution is 2.30. The molecule has 1 unspecified atom stereocenters. The van der Waals surface area contributed by atoms with E-state index < -0.39 is 12.2 Å². The van der Waals surface area contributed by atoms with E-state index in [0.29, 0.717) is 61.1 Å². The van der Waals surface area contributed by atoms with Crippen LogP contribution in [0.2, 0.25) is 0 Å². The van der Waals surface area contributed by atoms with E-state index in [0.717, 1.165) is 18.7 Å². The summed E-state index contributed by atoms with van der Waals surface area (Å²) in [7, 11) is 0. The smallest absolute Gasteiger partial charge is 0.296 e. The number of hydrogen-bond acceptors (Lipinski definition) is 8. The fourth-order valence-corrected chi connectivity index (χ4v) is 4.82. The molecule has 1 atom stereocenters. The average Bonchev–Trinajstić information content (AvgIpc) is 3.38. The minimum absolute atomic E-state index is 0.111. The summed E-state index contributed by atoms with van der Waals surface area (Å²) in [5, 5.41) is 9.33. The number of amides is 1. The first-order chi connectivity index (χ1) is 19.1. The Morgan fingerprint density at radius 1 is 1.03 bits per heavy atom. The number of anilines is 2. The number of nitrogens with one attached hydrogen (secondary N) is 3. The Morgan fingerprint density at radius 2 is 1.82 bits per heavy atom. The maximum Gasteiger partial charge on any atom is 0.296 e. The molecule has 2 aliphatic heterocycles. The van der Waals surface area contributed by atoms with E-state index in [1.54, 1.807) is 36.4 Å².